The minimum Gasteiger partial charge on any atom is -0.394 e. The Morgan fingerprint density at radius 3 is 2.40 bits per heavy atom. The van der Waals surface area contributed by atoms with E-state index >= 15 is 0 Å². The molecule has 0 bridgehead atoms. The summed E-state index contributed by atoms with van der Waals surface area (Å²) in [5.41, 5.74) is 0. The number of rotatable bonds is 2. The first-order valence-electron chi connectivity index (χ1n) is 4.48. The molecule has 82 valence electrons. The van der Waals surface area contributed by atoms with E-state index in [2.05, 4.69) is 15.0 Å². The Morgan fingerprint density at radius 2 is 1.87 bits per heavy atom. The van der Waals surface area contributed by atoms with E-state index in [1.807, 2.05) is 0 Å². The van der Waals surface area contributed by atoms with Crippen molar-refractivity contribution in [3.63, 3.8) is 0 Å². The Hall–Kier alpha value is -1.15. The molecule has 2 heterocycles. The monoisotopic (exact) mass is 213 g/mol. The van der Waals surface area contributed by atoms with Gasteiger partial charge in [-0.05, 0) is 0 Å². The van der Waals surface area contributed by atoms with E-state index in [1.165, 1.54) is 12.7 Å². The van der Waals surface area contributed by atoms with Crippen LogP contribution in [0.4, 0.5) is 0 Å². The first-order chi connectivity index (χ1) is 7.24. The topological polar surface area (TPSA) is 109 Å². The summed E-state index contributed by atoms with van der Waals surface area (Å²) < 4.78 is 5.22. The molecule has 0 aromatic carbocycles. The zero-order valence-electron chi connectivity index (χ0n) is 7.76. The number of hydrogen-bond acceptors (Lipinski definition) is 7. The summed E-state index contributed by atoms with van der Waals surface area (Å²) >= 11 is 0. The highest BCUT2D eigenvalue weighted by atomic mass is 16.6. The minimum atomic E-state index is -1.13. The lowest BCUT2D eigenvalue weighted by molar-refractivity contribution is -0.0253. The van der Waals surface area contributed by atoms with E-state index in [0.717, 1.165) is 0 Å². The second kappa shape index (κ2) is 4.15. The van der Waals surface area contributed by atoms with Crippen molar-refractivity contribution in [3.8, 4) is 0 Å². The normalized spacial score (nSPS) is 35.7. The van der Waals surface area contributed by atoms with Crippen molar-refractivity contribution in [1.82, 2.24) is 15.0 Å². The summed E-state index contributed by atoms with van der Waals surface area (Å²) in [5.74, 6) is 0.243. The fourth-order valence-electron chi connectivity index (χ4n) is 1.51. The number of aromatic nitrogens is 3. The van der Waals surface area contributed by atoms with E-state index in [-0.39, 0.29) is 12.4 Å². The lowest BCUT2D eigenvalue weighted by Gasteiger charge is -2.11. The van der Waals surface area contributed by atoms with Gasteiger partial charge in [0.15, 0.2) is 5.82 Å². The van der Waals surface area contributed by atoms with Gasteiger partial charge >= 0.3 is 0 Å². The van der Waals surface area contributed by atoms with E-state index in [9.17, 15) is 10.2 Å². The lowest BCUT2D eigenvalue weighted by Crippen LogP contribution is -2.32. The van der Waals surface area contributed by atoms with Crippen molar-refractivity contribution in [2.75, 3.05) is 6.61 Å². The molecule has 1 aliphatic rings. The molecule has 7 heteroatoms. The third kappa shape index (κ3) is 1.82. The fraction of sp³-hybridized carbons (Fsp3) is 0.625. The van der Waals surface area contributed by atoms with Crippen LogP contribution in [0.15, 0.2) is 12.7 Å². The highest BCUT2D eigenvalue weighted by molar-refractivity contribution is 5.01. The maximum absolute atomic E-state index is 9.63. The Labute approximate surface area is 85.4 Å². The molecule has 1 unspecified atom stereocenters. The van der Waals surface area contributed by atoms with Crippen LogP contribution in [0, 0.1) is 0 Å². The molecule has 1 aliphatic heterocycles. The lowest BCUT2D eigenvalue weighted by atomic mass is 10.1. The maximum Gasteiger partial charge on any atom is 0.163 e. The van der Waals surface area contributed by atoms with Crippen molar-refractivity contribution < 1.29 is 20.1 Å². The van der Waals surface area contributed by atoms with Crippen LogP contribution in [0.5, 0.6) is 0 Å². The molecule has 15 heavy (non-hydrogen) atoms. The molecule has 7 nitrogen and oxygen atoms in total. The van der Waals surface area contributed by atoms with Crippen molar-refractivity contribution in [2.24, 2.45) is 0 Å². The molecule has 0 spiro atoms. The molecule has 2 rings (SSSR count). The number of ether oxygens (including phenoxy) is 1. The standard InChI is InChI=1S/C8H11N3O4/c12-1-4-5(13)6(14)7(15-4)8-10-2-9-3-11-8/h2-7,12-14H,1H2/t4-,5-,6-,7?/m1/s1. The van der Waals surface area contributed by atoms with Gasteiger partial charge in [0.1, 0.15) is 37.1 Å². The summed E-state index contributed by atoms with van der Waals surface area (Å²) in [7, 11) is 0. The van der Waals surface area contributed by atoms with Crippen LogP contribution in [-0.4, -0.2) is 55.2 Å². The van der Waals surface area contributed by atoms with Crippen LogP contribution in [0.3, 0.4) is 0 Å². The summed E-state index contributed by atoms with van der Waals surface area (Å²) in [6.07, 6.45) is -1.34. The fourth-order valence-corrected chi connectivity index (χ4v) is 1.51. The van der Waals surface area contributed by atoms with E-state index < -0.39 is 24.4 Å². The summed E-state index contributed by atoms with van der Waals surface area (Å²) in [4.78, 5) is 11.3. The van der Waals surface area contributed by atoms with Gasteiger partial charge in [-0.2, -0.15) is 0 Å². The van der Waals surface area contributed by atoms with E-state index in [1.54, 1.807) is 0 Å². The summed E-state index contributed by atoms with van der Waals surface area (Å²) in [6.45, 7) is -0.361. The Kier molecular flexibility index (Phi) is 2.87. The molecule has 1 fully saturated rings. The van der Waals surface area contributed by atoms with Crippen molar-refractivity contribution in [3.05, 3.63) is 18.5 Å². The third-order valence-corrected chi connectivity index (χ3v) is 2.31. The second-order valence-electron chi connectivity index (χ2n) is 3.26. The zero-order valence-corrected chi connectivity index (χ0v) is 7.76. The SMILES string of the molecule is OC[C@H]1OC(c2ncncn2)[C@H](O)[C@@H]1O. The van der Waals surface area contributed by atoms with E-state index in [4.69, 9.17) is 9.84 Å². The van der Waals surface area contributed by atoms with Crippen LogP contribution >= 0.6 is 0 Å². The molecule has 0 aliphatic carbocycles. The van der Waals surface area contributed by atoms with Gasteiger partial charge in [0.25, 0.3) is 0 Å². The second-order valence-corrected chi connectivity index (χ2v) is 3.26. The van der Waals surface area contributed by atoms with E-state index in [0.29, 0.717) is 0 Å². The molecule has 3 N–H and O–H groups in total. The molecule has 0 radical (unpaired) electrons. The minimum absolute atomic E-state index is 0.243. The van der Waals surface area contributed by atoms with Crippen LogP contribution < -0.4 is 0 Å². The van der Waals surface area contributed by atoms with Gasteiger partial charge in [-0.3, -0.25) is 0 Å². The predicted molar refractivity (Wildman–Crippen MR) is 46.5 cm³/mol. The Balaban J connectivity index is 2.19. The van der Waals surface area contributed by atoms with Gasteiger partial charge in [-0.25, -0.2) is 15.0 Å². The summed E-state index contributed by atoms with van der Waals surface area (Å²) in [6, 6.07) is 0. The highest BCUT2D eigenvalue weighted by Gasteiger charge is 2.44. The first kappa shape index (κ1) is 10.4. The van der Waals surface area contributed by atoms with Crippen LogP contribution in [0.1, 0.15) is 11.9 Å². The number of aliphatic hydroxyl groups is 3. The Bertz CT molecular complexity index is 323. The van der Waals surface area contributed by atoms with Crippen LogP contribution in [-0.2, 0) is 4.74 Å². The van der Waals surface area contributed by atoms with Crippen molar-refractivity contribution >= 4 is 0 Å². The molecular weight excluding hydrogens is 202 g/mol. The first-order valence-corrected chi connectivity index (χ1v) is 4.48. The van der Waals surface area contributed by atoms with Gasteiger partial charge in [0.05, 0.1) is 6.61 Å². The number of hydrogen-bond donors (Lipinski definition) is 3. The molecule has 1 saturated heterocycles. The average molecular weight is 213 g/mol. The van der Waals surface area contributed by atoms with Crippen molar-refractivity contribution in [2.45, 2.75) is 24.4 Å². The van der Waals surface area contributed by atoms with Crippen LogP contribution in [0.2, 0.25) is 0 Å². The molecule has 0 amide bonds. The van der Waals surface area contributed by atoms with Crippen LogP contribution in [0.25, 0.3) is 0 Å². The number of nitrogens with zero attached hydrogens (tertiary/aromatic N) is 3. The quantitative estimate of drug-likeness (QED) is 0.522. The van der Waals surface area contributed by atoms with Gasteiger partial charge in [-0.15, -0.1) is 0 Å². The molecule has 1 aromatic heterocycles. The Morgan fingerprint density at radius 1 is 1.20 bits per heavy atom. The predicted octanol–water partition coefficient (Wildman–Crippen LogP) is -1.97. The molecule has 1 aromatic rings. The zero-order chi connectivity index (χ0) is 10.8. The molecular formula is C8H11N3O4. The molecule has 0 saturated carbocycles. The highest BCUT2D eigenvalue weighted by Crippen LogP contribution is 2.30. The largest absolute Gasteiger partial charge is 0.394 e. The van der Waals surface area contributed by atoms with Gasteiger partial charge in [0.2, 0.25) is 0 Å². The summed E-state index contributed by atoms with van der Waals surface area (Å²) in [5, 5.41) is 28.0. The molecule has 4 atom stereocenters. The number of aliphatic hydroxyl groups excluding tert-OH is 3. The third-order valence-electron chi connectivity index (χ3n) is 2.31. The van der Waals surface area contributed by atoms with Gasteiger partial charge in [-0.1, -0.05) is 0 Å². The maximum atomic E-state index is 9.63. The smallest absolute Gasteiger partial charge is 0.163 e. The average Bonchev–Trinajstić information content (AvgIpc) is 2.57. The van der Waals surface area contributed by atoms with Crippen molar-refractivity contribution in [1.29, 1.82) is 0 Å². The van der Waals surface area contributed by atoms with Gasteiger partial charge < -0.3 is 20.1 Å². The van der Waals surface area contributed by atoms with Gasteiger partial charge in [0, 0.05) is 0 Å².